The molecule has 1 N–H and O–H groups in total. The minimum absolute atomic E-state index is 0.0299. The molecule has 0 amide bonds. The Morgan fingerprint density at radius 3 is 1.65 bits per heavy atom. The number of hydrogen-bond acceptors (Lipinski definition) is 4. The van der Waals surface area contributed by atoms with Gasteiger partial charge in [0, 0.05) is 83.7 Å². The fourth-order valence-electron chi connectivity index (χ4n) is 5.50. The molecule has 0 fully saturated rings. The average molecular weight is 556 g/mol. The van der Waals surface area contributed by atoms with Gasteiger partial charge in [-0.25, -0.2) is 0 Å². The van der Waals surface area contributed by atoms with Crippen LogP contribution in [0.25, 0.3) is 44.9 Å². The molecule has 1 aliphatic heterocycles. The van der Waals surface area contributed by atoms with Crippen molar-refractivity contribution in [3.8, 4) is 33.6 Å². The van der Waals surface area contributed by atoms with E-state index in [2.05, 4.69) is 80.5 Å². The number of benzene rings is 2. The Hall–Kier alpha value is -5.94. The molecule has 4 heterocycles. The third-order valence-corrected chi connectivity index (χ3v) is 7.57. The number of dihydropyridines is 1. The summed E-state index contributed by atoms with van der Waals surface area (Å²) in [5.41, 5.74) is 10.1. The van der Waals surface area contributed by atoms with Gasteiger partial charge in [0.25, 0.3) is 0 Å². The maximum Gasteiger partial charge on any atom is 0.219 e. The number of carbonyl (C=O) groups is 1. The molecule has 0 unspecified atom stereocenters. The Labute approximate surface area is 250 Å². The molecule has 5 aromatic rings. The normalized spacial score (nSPS) is 14.3. The highest BCUT2D eigenvalue weighted by atomic mass is 16.1. The Balaban J connectivity index is 1.58. The van der Waals surface area contributed by atoms with E-state index in [1.54, 1.807) is 12.4 Å². The molecule has 5 heteroatoms. The summed E-state index contributed by atoms with van der Waals surface area (Å²) >= 11 is 0. The summed E-state index contributed by atoms with van der Waals surface area (Å²) in [5, 5.41) is 3.08. The first-order chi connectivity index (χ1) is 21.3. The lowest BCUT2D eigenvalue weighted by Gasteiger charge is -2.18. The maximum absolute atomic E-state index is 14.1. The standard InChI is InChI=1S/C38H26N4O/c43-38-34(28-13-19-40-20-14-28)25-33(26-35(38)29-15-21-41-22-16-29)42-36(30-7-3-1-4-8-30)23-32(27-11-17-39-18-12-27)24-37(42)31-9-5-2-6-10-31/h1-26H/p+1. The molecular formula is C38H27N4O+. The topological polar surface area (TPSA) is 58.8 Å². The maximum atomic E-state index is 14.1. The quantitative estimate of drug-likeness (QED) is 0.184. The van der Waals surface area contributed by atoms with Crippen LogP contribution >= 0.6 is 0 Å². The van der Waals surface area contributed by atoms with E-state index in [9.17, 15) is 4.79 Å². The minimum atomic E-state index is -0.0299. The lowest BCUT2D eigenvalue weighted by molar-refractivity contribution is -0.554. The van der Waals surface area contributed by atoms with Gasteiger partial charge in [0.15, 0.2) is 5.78 Å². The van der Waals surface area contributed by atoms with Crippen LogP contribution in [-0.4, -0.2) is 15.8 Å². The number of rotatable bonds is 5. The third kappa shape index (κ3) is 5.16. The summed E-state index contributed by atoms with van der Waals surface area (Å²) in [6, 6.07) is 33.0. The van der Waals surface area contributed by atoms with Crippen molar-refractivity contribution in [3.63, 3.8) is 0 Å². The molecule has 0 radical (unpaired) electrons. The van der Waals surface area contributed by atoms with Gasteiger partial charge in [0.1, 0.15) is 0 Å². The molecule has 0 saturated carbocycles. The lowest BCUT2D eigenvalue weighted by atomic mass is 9.88. The van der Waals surface area contributed by atoms with Crippen LogP contribution in [0.5, 0.6) is 0 Å². The number of nitrogens with zero attached hydrogens (tertiary/aromatic N) is 3. The number of Topliss-reactive ketones (excluding diaryl/α,β-unsaturated/α-hetero) is 1. The zero-order valence-electron chi connectivity index (χ0n) is 23.3. The van der Waals surface area contributed by atoms with Gasteiger partial charge in [-0.3, -0.25) is 14.8 Å². The summed E-state index contributed by atoms with van der Waals surface area (Å²) < 4.78 is 2.26. The first-order valence-electron chi connectivity index (χ1n) is 14.1. The van der Waals surface area contributed by atoms with Gasteiger partial charge >= 0.3 is 0 Å². The molecule has 2 aliphatic rings. The van der Waals surface area contributed by atoms with E-state index >= 15 is 0 Å². The van der Waals surface area contributed by atoms with Gasteiger partial charge in [-0.15, -0.1) is 0 Å². The molecule has 5 nitrogen and oxygen atoms in total. The summed E-state index contributed by atoms with van der Waals surface area (Å²) in [5.74, 6) is -0.0299. The van der Waals surface area contributed by atoms with Crippen molar-refractivity contribution < 1.29 is 9.36 Å². The molecular weight excluding hydrogens is 528 g/mol. The summed E-state index contributed by atoms with van der Waals surface area (Å²) in [6.07, 6.45) is 18.6. The fraction of sp³-hybridized carbons (Fsp3) is 0. The fourth-order valence-corrected chi connectivity index (χ4v) is 5.50. The lowest BCUT2D eigenvalue weighted by Crippen LogP contribution is -2.38. The minimum Gasteiger partial charge on any atom is -0.368 e. The molecule has 3 aromatic heterocycles. The van der Waals surface area contributed by atoms with Crippen LogP contribution in [-0.2, 0) is 4.79 Å². The summed E-state index contributed by atoms with van der Waals surface area (Å²) in [4.78, 5) is 22.5. The predicted molar refractivity (Wildman–Crippen MR) is 171 cm³/mol. The van der Waals surface area contributed by atoms with Gasteiger partial charge in [-0.05, 0) is 82.9 Å². The number of ketones is 1. The molecule has 43 heavy (non-hydrogen) atoms. The van der Waals surface area contributed by atoms with Gasteiger partial charge in [0.2, 0.25) is 17.1 Å². The highest BCUT2D eigenvalue weighted by molar-refractivity contribution is 6.33. The van der Waals surface area contributed by atoms with Crippen molar-refractivity contribution in [2.24, 2.45) is 0 Å². The van der Waals surface area contributed by atoms with Crippen LogP contribution < -0.4 is 9.88 Å². The van der Waals surface area contributed by atoms with E-state index in [0.29, 0.717) is 11.1 Å². The Morgan fingerprint density at radius 2 is 1.09 bits per heavy atom. The van der Waals surface area contributed by atoms with Crippen LogP contribution in [0, 0.1) is 0 Å². The highest BCUT2D eigenvalue weighted by Gasteiger charge is 2.32. The number of nitrogens with one attached hydrogen (secondary N) is 1. The summed E-state index contributed by atoms with van der Waals surface area (Å²) in [6.45, 7) is 0. The van der Waals surface area contributed by atoms with E-state index in [1.807, 2.05) is 85.5 Å². The van der Waals surface area contributed by atoms with Gasteiger partial charge in [-0.2, -0.15) is 4.57 Å². The van der Waals surface area contributed by atoms with Gasteiger partial charge < -0.3 is 5.32 Å². The molecule has 204 valence electrons. The van der Waals surface area contributed by atoms with E-state index in [1.165, 1.54) is 0 Å². The van der Waals surface area contributed by atoms with E-state index in [0.717, 1.165) is 50.5 Å². The van der Waals surface area contributed by atoms with Crippen molar-refractivity contribution in [2.45, 2.75) is 0 Å². The van der Waals surface area contributed by atoms with E-state index in [4.69, 9.17) is 0 Å². The molecule has 7 rings (SSSR count). The van der Waals surface area contributed by atoms with Crippen molar-refractivity contribution >= 4 is 17.1 Å². The van der Waals surface area contributed by atoms with Crippen LogP contribution in [0.15, 0.2) is 170 Å². The second-order valence-corrected chi connectivity index (χ2v) is 10.2. The van der Waals surface area contributed by atoms with Crippen LogP contribution in [0.4, 0.5) is 0 Å². The number of carbonyl (C=O) groups excluding carboxylic acids is 1. The van der Waals surface area contributed by atoms with Crippen molar-refractivity contribution in [3.05, 3.63) is 175 Å². The van der Waals surface area contributed by atoms with Gasteiger partial charge in [-0.1, -0.05) is 36.4 Å². The van der Waals surface area contributed by atoms with Crippen molar-refractivity contribution in [1.82, 2.24) is 15.3 Å². The zero-order chi connectivity index (χ0) is 29.0. The molecule has 0 atom stereocenters. The second-order valence-electron chi connectivity index (χ2n) is 10.2. The van der Waals surface area contributed by atoms with E-state index < -0.39 is 0 Å². The monoisotopic (exact) mass is 555 g/mol. The zero-order valence-corrected chi connectivity index (χ0v) is 23.3. The SMILES string of the molecule is O=C1C(c2ccncc2)=CC([n+]2c(-c3ccccc3)cc(-c3ccncc3)cc2-c2ccccc2)=CC1=C1C=CNC=C1. The van der Waals surface area contributed by atoms with Crippen molar-refractivity contribution in [2.75, 3.05) is 0 Å². The average Bonchev–Trinajstić information content (AvgIpc) is 3.10. The highest BCUT2D eigenvalue weighted by Crippen LogP contribution is 2.34. The molecule has 0 bridgehead atoms. The number of allylic oxidation sites excluding steroid dienone is 8. The molecule has 0 saturated heterocycles. The first-order valence-corrected chi connectivity index (χ1v) is 14.1. The smallest absolute Gasteiger partial charge is 0.219 e. The predicted octanol–water partition coefficient (Wildman–Crippen LogP) is 7.20. The van der Waals surface area contributed by atoms with Gasteiger partial charge in [0.05, 0.1) is 0 Å². The molecule has 0 spiro atoms. The Kier molecular flexibility index (Phi) is 6.96. The Morgan fingerprint density at radius 1 is 0.558 bits per heavy atom. The summed E-state index contributed by atoms with van der Waals surface area (Å²) in [7, 11) is 0. The second kappa shape index (κ2) is 11.5. The molecule has 1 aliphatic carbocycles. The Bertz CT molecular complexity index is 1900. The number of aromatic nitrogens is 3. The van der Waals surface area contributed by atoms with Crippen LogP contribution in [0.1, 0.15) is 5.56 Å². The molecule has 2 aromatic carbocycles. The van der Waals surface area contributed by atoms with Crippen LogP contribution in [0.2, 0.25) is 0 Å². The first kappa shape index (κ1) is 26.0. The number of hydrogen-bond donors (Lipinski definition) is 1. The third-order valence-electron chi connectivity index (χ3n) is 7.57. The van der Waals surface area contributed by atoms with Crippen molar-refractivity contribution in [1.29, 1.82) is 0 Å². The largest absolute Gasteiger partial charge is 0.368 e. The van der Waals surface area contributed by atoms with Crippen LogP contribution in [0.3, 0.4) is 0 Å². The van der Waals surface area contributed by atoms with E-state index in [-0.39, 0.29) is 5.78 Å². The number of pyridine rings is 3.